The monoisotopic (exact) mass is 413 g/mol. The molecule has 0 aliphatic heterocycles. The SMILES string of the molecule is COCNC(=S)n1nc(Oc2c(Cl)cc(C(F)(F)F)cc2Cl)cc1C. The zero-order chi connectivity index (χ0) is 18.8. The Morgan fingerprint density at radius 3 is 2.40 bits per heavy atom. The average molecular weight is 414 g/mol. The van der Waals surface area contributed by atoms with E-state index in [9.17, 15) is 13.2 Å². The van der Waals surface area contributed by atoms with Gasteiger partial charge in [-0.25, -0.2) is 4.68 Å². The van der Waals surface area contributed by atoms with Crippen molar-refractivity contribution in [1.29, 1.82) is 0 Å². The molecule has 0 radical (unpaired) electrons. The second kappa shape index (κ2) is 7.77. The van der Waals surface area contributed by atoms with E-state index in [1.807, 2.05) is 0 Å². The van der Waals surface area contributed by atoms with Gasteiger partial charge < -0.3 is 14.8 Å². The van der Waals surface area contributed by atoms with Gasteiger partial charge in [-0.05, 0) is 31.3 Å². The number of alkyl halides is 3. The fraction of sp³-hybridized carbons (Fsp3) is 0.286. The van der Waals surface area contributed by atoms with E-state index in [2.05, 4.69) is 10.4 Å². The molecule has 11 heteroatoms. The van der Waals surface area contributed by atoms with Gasteiger partial charge in [0.15, 0.2) is 10.9 Å². The molecule has 0 saturated carbocycles. The minimum absolute atomic E-state index is 0.0719. The fourth-order valence-corrected chi connectivity index (χ4v) is 2.64. The average Bonchev–Trinajstić information content (AvgIpc) is 2.88. The maximum atomic E-state index is 12.7. The highest BCUT2D eigenvalue weighted by Gasteiger charge is 2.32. The normalized spacial score (nSPS) is 11.5. The lowest BCUT2D eigenvalue weighted by atomic mass is 10.2. The van der Waals surface area contributed by atoms with Crippen LogP contribution in [0.3, 0.4) is 0 Å². The van der Waals surface area contributed by atoms with Crippen LogP contribution in [0.1, 0.15) is 11.3 Å². The first-order chi connectivity index (χ1) is 11.6. The van der Waals surface area contributed by atoms with Crippen LogP contribution in [0.25, 0.3) is 0 Å². The third-order valence-corrected chi connectivity index (χ3v) is 3.84. The van der Waals surface area contributed by atoms with E-state index >= 15 is 0 Å². The highest BCUT2D eigenvalue weighted by molar-refractivity contribution is 7.80. The van der Waals surface area contributed by atoms with Gasteiger partial charge in [0.25, 0.3) is 0 Å². The molecule has 5 nitrogen and oxygen atoms in total. The molecule has 0 aliphatic rings. The Hall–Kier alpha value is -1.55. The van der Waals surface area contributed by atoms with Crippen molar-refractivity contribution in [3.63, 3.8) is 0 Å². The lowest BCUT2D eigenvalue weighted by molar-refractivity contribution is -0.137. The van der Waals surface area contributed by atoms with E-state index in [1.165, 1.54) is 17.9 Å². The molecule has 1 aromatic carbocycles. The standard InChI is InChI=1S/C14H12Cl2F3N3O2S/c1-7-3-11(21-22(7)13(25)20-6-23-2)24-12-9(15)4-8(5-10(12)16)14(17,18)19/h3-5H,6H2,1-2H3,(H,20,25). The van der Waals surface area contributed by atoms with Crippen LogP contribution in [-0.2, 0) is 10.9 Å². The minimum Gasteiger partial charge on any atom is -0.434 e. The number of ether oxygens (including phenoxy) is 2. The second-order valence-corrected chi connectivity index (χ2v) is 6.02. The maximum Gasteiger partial charge on any atom is 0.416 e. The third kappa shape index (κ3) is 4.75. The molecule has 0 spiro atoms. The fourth-order valence-electron chi connectivity index (χ4n) is 1.84. The first-order valence-electron chi connectivity index (χ1n) is 6.71. The number of nitrogens with zero attached hydrogens (tertiary/aromatic N) is 2. The van der Waals surface area contributed by atoms with Crippen LogP contribution in [0.4, 0.5) is 13.2 Å². The van der Waals surface area contributed by atoms with Crippen molar-refractivity contribution in [2.75, 3.05) is 13.8 Å². The molecule has 2 rings (SSSR count). The van der Waals surface area contributed by atoms with E-state index in [-0.39, 0.29) is 33.5 Å². The molecule has 136 valence electrons. The summed E-state index contributed by atoms with van der Waals surface area (Å²) in [7, 11) is 1.49. The Labute approximate surface area is 156 Å². The number of nitrogens with one attached hydrogen (secondary N) is 1. The molecule has 0 aliphatic carbocycles. The van der Waals surface area contributed by atoms with Crippen molar-refractivity contribution in [2.24, 2.45) is 0 Å². The summed E-state index contributed by atoms with van der Waals surface area (Å²) >= 11 is 16.9. The summed E-state index contributed by atoms with van der Waals surface area (Å²) in [6.45, 7) is 1.90. The minimum atomic E-state index is -4.57. The summed E-state index contributed by atoms with van der Waals surface area (Å²) in [5.74, 6) is -0.0561. The van der Waals surface area contributed by atoms with Crippen LogP contribution in [0.2, 0.25) is 10.0 Å². The van der Waals surface area contributed by atoms with Crippen molar-refractivity contribution < 1.29 is 22.6 Å². The van der Waals surface area contributed by atoms with Crippen molar-refractivity contribution in [3.8, 4) is 11.6 Å². The van der Waals surface area contributed by atoms with Gasteiger partial charge in [0.2, 0.25) is 5.88 Å². The first kappa shape index (κ1) is 19.8. The van der Waals surface area contributed by atoms with E-state index < -0.39 is 11.7 Å². The van der Waals surface area contributed by atoms with Gasteiger partial charge in [-0.15, -0.1) is 5.10 Å². The van der Waals surface area contributed by atoms with Crippen molar-refractivity contribution >= 4 is 40.5 Å². The van der Waals surface area contributed by atoms with Crippen LogP contribution in [0.5, 0.6) is 11.6 Å². The van der Waals surface area contributed by atoms with Crippen molar-refractivity contribution in [2.45, 2.75) is 13.1 Å². The maximum absolute atomic E-state index is 12.7. The number of aromatic nitrogens is 2. The molecule has 25 heavy (non-hydrogen) atoms. The third-order valence-electron chi connectivity index (χ3n) is 2.96. The number of halogens is 5. The van der Waals surface area contributed by atoms with Crippen LogP contribution in [0, 0.1) is 6.92 Å². The Morgan fingerprint density at radius 2 is 1.88 bits per heavy atom. The summed E-state index contributed by atoms with van der Waals surface area (Å²) in [5, 5.41) is 6.59. The predicted octanol–water partition coefficient (Wildman–Crippen LogP) is 4.64. The summed E-state index contributed by atoms with van der Waals surface area (Å²) in [6.07, 6.45) is -4.57. The van der Waals surface area contributed by atoms with Gasteiger partial charge in [0.05, 0.1) is 15.6 Å². The molecule has 0 amide bonds. The Kier molecular flexibility index (Phi) is 6.15. The van der Waals surface area contributed by atoms with E-state index in [1.54, 1.807) is 6.92 Å². The zero-order valence-electron chi connectivity index (χ0n) is 12.9. The smallest absolute Gasteiger partial charge is 0.416 e. The zero-order valence-corrected chi connectivity index (χ0v) is 15.3. The highest BCUT2D eigenvalue weighted by Crippen LogP contribution is 2.41. The van der Waals surface area contributed by atoms with Gasteiger partial charge in [0.1, 0.15) is 6.73 Å². The molecule has 0 atom stereocenters. The van der Waals surface area contributed by atoms with Gasteiger partial charge in [-0.1, -0.05) is 23.2 Å². The van der Waals surface area contributed by atoms with Crippen LogP contribution in [0.15, 0.2) is 18.2 Å². The van der Waals surface area contributed by atoms with Crippen LogP contribution < -0.4 is 10.1 Å². The number of aryl methyl sites for hydroxylation is 1. The quantitative estimate of drug-likeness (QED) is 0.584. The first-order valence-corrected chi connectivity index (χ1v) is 7.87. The number of thiocarbonyl (C=S) groups is 1. The van der Waals surface area contributed by atoms with Crippen LogP contribution >= 0.6 is 35.4 Å². The van der Waals surface area contributed by atoms with E-state index in [0.29, 0.717) is 5.69 Å². The van der Waals surface area contributed by atoms with Gasteiger partial charge >= 0.3 is 6.18 Å². The topological polar surface area (TPSA) is 48.3 Å². The molecule has 2 aromatic rings. The molecule has 1 aromatic heterocycles. The lowest BCUT2D eigenvalue weighted by Crippen LogP contribution is -2.31. The van der Waals surface area contributed by atoms with Crippen LogP contribution in [-0.4, -0.2) is 28.7 Å². The number of rotatable bonds is 4. The predicted molar refractivity (Wildman–Crippen MR) is 91.5 cm³/mol. The molecular formula is C14H12Cl2F3N3O2S. The summed E-state index contributed by atoms with van der Waals surface area (Å²) in [6, 6.07) is 3.00. The summed E-state index contributed by atoms with van der Waals surface area (Å²) in [5.41, 5.74) is -0.343. The summed E-state index contributed by atoms with van der Waals surface area (Å²) < 4.78 is 49.9. The molecule has 0 bridgehead atoms. The summed E-state index contributed by atoms with van der Waals surface area (Å²) in [4.78, 5) is 0. The number of benzene rings is 1. The molecule has 0 fully saturated rings. The van der Waals surface area contributed by atoms with Gasteiger partial charge in [-0.3, -0.25) is 0 Å². The molecule has 1 heterocycles. The molecule has 0 unspecified atom stereocenters. The Morgan fingerprint density at radius 1 is 1.28 bits per heavy atom. The highest BCUT2D eigenvalue weighted by atomic mass is 35.5. The molecule has 0 saturated heterocycles. The van der Waals surface area contributed by atoms with Gasteiger partial charge in [0, 0.05) is 18.9 Å². The van der Waals surface area contributed by atoms with Crippen molar-refractivity contribution in [3.05, 3.63) is 39.5 Å². The largest absolute Gasteiger partial charge is 0.434 e. The Balaban J connectivity index is 2.27. The number of hydrogen-bond donors (Lipinski definition) is 1. The van der Waals surface area contributed by atoms with E-state index in [4.69, 9.17) is 44.9 Å². The molecule has 1 N–H and O–H groups in total. The second-order valence-electron chi connectivity index (χ2n) is 4.82. The molecular weight excluding hydrogens is 402 g/mol. The number of methoxy groups -OCH3 is 1. The lowest BCUT2D eigenvalue weighted by Gasteiger charge is -2.12. The van der Waals surface area contributed by atoms with Crippen molar-refractivity contribution in [1.82, 2.24) is 15.1 Å². The Bertz CT molecular complexity index is 773. The number of hydrogen-bond acceptors (Lipinski definition) is 4. The van der Waals surface area contributed by atoms with Gasteiger partial charge in [-0.2, -0.15) is 13.2 Å². The van der Waals surface area contributed by atoms with E-state index in [0.717, 1.165) is 12.1 Å².